The summed E-state index contributed by atoms with van der Waals surface area (Å²) in [6.45, 7) is 0.291. The SMILES string of the molecule is C#CC1=C(c2ccc(CCCCCCO)cc2)[C@@H](CCCc2ccc(C(=O)O)s2)CC1. The Bertz CT molecular complexity index is 930. The van der Waals surface area contributed by atoms with E-state index in [-0.39, 0.29) is 0 Å². The minimum Gasteiger partial charge on any atom is -0.477 e. The molecule has 1 aromatic heterocycles. The second-order valence-electron chi connectivity index (χ2n) is 8.32. The molecule has 1 aliphatic rings. The Kier molecular flexibility index (Phi) is 8.94. The van der Waals surface area contributed by atoms with Crippen molar-refractivity contribution in [3.8, 4) is 12.3 Å². The summed E-state index contributed by atoms with van der Waals surface area (Å²) in [4.78, 5) is 12.6. The molecule has 0 fully saturated rings. The van der Waals surface area contributed by atoms with Crippen LogP contribution in [0.15, 0.2) is 42.0 Å². The van der Waals surface area contributed by atoms with Gasteiger partial charge in [-0.25, -0.2) is 4.79 Å². The molecule has 2 aromatic rings. The Morgan fingerprint density at radius 1 is 1.03 bits per heavy atom. The molecule has 1 aliphatic carbocycles. The highest BCUT2D eigenvalue weighted by molar-refractivity contribution is 7.13. The summed E-state index contributed by atoms with van der Waals surface area (Å²) in [6.07, 6.45) is 16.3. The highest BCUT2D eigenvalue weighted by Gasteiger charge is 2.25. The molecule has 0 unspecified atom stereocenters. The van der Waals surface area contributed by atoms with E-state index in [0.29, 0.717) is 17.4 Å². The van der Waals surface area contributed by atoms with Crippen LogP contribution in [0.4, 0.5) is 0 Å². The first kappa shape index (κ1) is 23.3. The third-order valence-corrected chi connectivity index (χ3v) is 7.27. The van der Waals surface area contributed by atoms with Crippen molar-refractivity contribution < 1.29 is 15.0 Å². The first-order valence-electron chi connectivity index (χ1n) is 11.3. The Morgan fingerprint density at radius 3 is 2.48 bits per heavy atom. The van der Waals surface area contributed by atoms with Crippen molar-refractivity contribution in [2.45, 2.75) is 64.2 Å². The second-order valence-corrected chi connectivity index (χ2v) is 9.49. The van der Waals surface area contributed by atoms with Gasteiger partial charge in [-0.05, 0) is 86.1 Å². The fourth-order valence-electron chi connectivity index (χ4n) is 4.49. The van der Waals surface area contributed by atoms with E-state index >= 15 is 0 Å². The van der Waals surface area contributed by atoms with Crippen LogP contribution in [0, 0.1) is 18.3 Å². The average molecular weight is 437 g/mol. The third kappa shape index (κ3) is 6.56. The zero-order valence-electron chi connectivity index (χ0n) is 18.1. The lowest BCUT2D eigenvalue weighted by Gasteiger charge is -2.16. The number of carbonyl (C=O) groups is 1. The van der Waals surface area contributed by atoms with Crippen LogP contribution in [0.2, 0.25) is 0 Å². The Labute approximate surface area is 189 Å². The summed E-state index contributed by atoms with van der Waals surface area (Å²) in [5, 5.41) is 18.0. The molecular weight excluding hydrogens is 404 g/mol. The van der Waals surface area contributed by atoms with Gasteiger partial charge in [0.1, 0.15) is 4.88 Å². The van der Waals surface area contributed by atoms with Gasteiger partial charge in [0.05, 0.1) is 0 Å². The van der Waals surface area contributed by atoms with Crippen LogP contribution in [-0.2, 0) is 12.8 Å². The van der Waals surface area contributed by atoms with Gasteiger partial charge in [-0.1, -0.05) is 43.0 Å². The fourth-order valence-corrected chi connectivity index (χ4v) is 5.38. The Morgan fingerprint density at radius 2 is 1.81 bits per heavy atom. The lowest BCUT2D eigenvalue weighted by molar-refractivity contribution is 0.0702. The summed E-state index contributed by atoms with van der Waals surface area (Å²) in [6, 6.07) is 12.6. The second kappa shape index (κ2) is 11.9. The summed E-state index contributed by atoms with van der Waals surface area (Å²) in [5.41, 5.74) is 5.10. The summed E-state index contributed by atoms with van der Waals surface area (Å²) in [7, 11) is 0. The molecule has 1 heterocycles. The number of carboxylic acids is 1. The lowest BCUT2D eigenvalue weighted by atomic mass is 9.89. The van der Waals surface area contributed by atoms with Crippen molar-refractivity contribution >= 4 is 22.9 Å². The van der Waals surface area contributed by atoms with E-state index in [1.807, 2.05) is 6.07 Å². The number of allylic oxidation sites excluding steroid dienone is 2. The minimum absolute atomic E-state index is 0.291. The van der Waals surface area contributed by atoms with Gasteiger partial charge in [-0.15, -0.1) is 17.8 Å². The molecule has 1 aromatic carbocycles. The molecular formula is C27H32O3S. The molecule has 0 bridgehead atoms. The molecule has 0 aliphatic heterocycles. The maximum atomic E-state index is 11.1. The maximum Gasteiger partial charge on any atom is 0.345 e. The smallest absolute Gasteiger partial charge is 0.345 e. The predicted molar refractivity (Wildman–Crippen MR) is 128 cm³/mol. The van der Waals surface area contributed by atoms with E-state index in [0.717, 1.165) is 74.7 Å². The zero-order chi connectivity index (χ0) is 22.1. The maximum absolute atomic E-state index is 11.1. The van der Waals surface area contributed by atoms with E-state index in [9.17, 15) is 4.79 Å². The highest BCUT2D eigenvalue weighted by Crippen LogP contribution is 2.41. The third-order valence-electron chi connectivity index (χ3n) is 6.14. The summed E-state index contributed by atoms with van der Waals surface area (Å²) < 4.78 is 0. The van der Waals surface area contributed by atoms with Gasteiger partial charge in [-0.2, -0.15) is 0 Å². The van der Waals surface area contributed by atoms with Gasteiger partial charge >= 0.3 is 5.97 Å². The molecule has 2 N–H and O–H groups in total. The number of carboxylic acid groups (broad SMARTS) is 1. The highest BCUT2D eigenvalue weighted by atomic mass is 32.1. The van der Waals surface area contributed by atoms with Gasteiger partial charge in [0.15, 0.2) is 0 Å². The molecule has 164 valence electrons. The number of aromatic carboxylic acids is 1. The van der Waals surface area contributed by atoms with Gasteiger partial charge in [0, 0.05) is 17.1 Å². The van der Waals surface area contributed by atoms with Crippen LogP contribution in [0.3, 0.4) is 0 Å². The molecule has 0 amide bonds. The number of terminal acetylenes is 1. The van der Waals surface area contributed by atoms with E-state index in [1.54, 1.807) is 6.07 Å². The van der Waals surface area contributed by atoms with E-state index in [4.69, 9.17) is 16.6 Å². The van der Waals surface area contributed by atoms with Gasteiger partial charge in [0.2, 0.25) is 0 Å². The number of aryl methyl sites for hydroxylation is 2. The molecule has 0 saturated heterocycles. The number of benzene rings is 1. The topological polar surface area (TPSA) is 57.5 Å². The predicted octanol–water partition coefficient (Wildman–Crippen LogP) is 6.36. The van der Waals surface area contributed by atoms with Crippen molar-refractivity contribution in [2.75, 3.05) is 6.61 Å². The van der Waals surface area contributed by atoms with E-state index in [2.05, 4.69) is 30.2 Å². The largest absolute Gasteiger partial charge is 0.477 e. The monoisotopic (exact) mass is 436 g/mol. The number of hydrogen-bond donors (Lipinski definition) is 2. The van der Waals surface area contributed by atoms with Gasteiger partial charge in [0.25, 0.3) is 0 Å². The van der Waals surface area contributed by atoms with Gasteiger partial charge < -0.3 is 10.2 Å². The van der Waals surface area contributed by atoms with Crippen LogP contribution in [-0.4, -0.2) is 22.8 Å². The lowest BCUT2D eigenvalue weighted by Crippen LogP contribution is -2.01. The molecule has 0 spiro atoms. The van der Waals surface area contributed by atoms with Crippen molar-refractivity contribution in [1.29, 1.82) is 0 Å². The number of rotatable bonds is 12. The fraction of sp³-hybridized carbons (Fsp3) is 0.444. The van der Waals surface area contributed by atoms with Gasteiger partial charge in [-0.3, -0.25) is 0 Å². The molecule has 0 saturated carbocycles. The standard InChI is InChI=1S/C27H32O3S/c1-2-21-15-16-22(9-7-10-24-17-18-25(31-24)27(29)30)26(21)23-13-11-20(12-14-23)8-5-3-4-6-19-28/h1,11-14,17-18,22,28H,3-10,15-16,19H2,(H,29,30)/t22-/m0/s1. The van der Waals surface area contributed by atoms with Crippen molar-refractivity contribution in [2.24, 2.45) is 5.92 Å². The van der Waals surface area contributed by atoms with E-state index < -0.39 is 5.97 Å². The summed E-state index contributed by atoms with van der Waals surface area (Å²) >= 11 is 1.38. The number of unbranched alkanes of at least 4 members (excludes halogenated alkanes) is 3. The number of hydrogen-bond acceptors (Lipinski definition) is 3. The van der Waals surface area contributed by atoms with Crippen LogP contribution in [0.5, 0.6) is 0 Å². The summed E-state index contributed by atoms with van der Waals surface area (Å²) in [5.74, 6) is 2.57. The Hall–Kier alpha value is -2.35. The van der Waals surface area contributed by atoms with Crippen LogP contribution in [0.1, 0.15) is 77.0 Å². The number of aliphatic hydroxyl groups is 1. The van der Waals surface area contributed by atoms with Crippen molar-refractivity contribution in [1.82, 2.24) is 0 Å². The zero-order valence-corrected chi connectivity index (χ0v) is 18.9. The molecule has 0 radical (unpaired) electrons. The molecule has 3 nitrogen and oxygen atoms in total. The normalized spacial score (nSPS) is 15.9. The van der Waals surface area contributed by atoms with Crippen molar-refractivity contribution in [3.63, 3.8) is 0 Å². The Balaban J connectivity index is 1.57. The molecule has 31 heavy (non-hydrogen) atoms. The quantitative estimate of drug-likeness (QED) is 0.301. The van der Waals surface area contributed by atoms with Crippen molar-refractivity contribution in [3.05, 3.63) is 62.9 Å². The first-order valence-corrected chi connectivity index (χ1v) is 12.2. The molecule has 3 rings (SSSR count). The van der Waals surface area contributed by atoms with E-state index in [1.165, 1.54) is 28.0 Å². The minimum atomic E-state index is -0.843. The molecule has 4 heteroatoms. The van der Waals surface area contributed by atoms with Crippen LogP contribution >= 0.6 is 11.3 Å². The number of thiophene rings is 1. The number of aliphatic hydroxyl groups excluding tert-OH is 1. The molecule has 1 atom stereocenters. The van der Waals surface area contributed by atoms with Crippen LogP contribution < -0.4 is 0 Å². The first-order chi connectivity index (χ1) is 15.1. The van der Waals surface area contributed by atoms with Crippen LogP contribution in [0.25, 0.3) is 5.57 Å². The average Bonchev–Trinajstić information content (AvgIpc) is 3.41.